The molecule has 8 nitrogen and oxygen atoms in total. The monoisotopic (exact) mass is 451 g/mol. The van der Waals surface area contributed by atoms with Crippen molar-refractivity contribution in [3.8, 4) is 22.9 Å². The number of aliphatic hydroxyl groups is 1. The molecule has 2 N–H and O–H groups in total. The van der Waals surface area contributed by atoms with Gasteiger partial charge in [0.15, 0.2) is 17.6 Å². The fourth-order valence-corrected chi connectivity index (χ4v) is 4.08. The molecule has 0 radical (unpaired) electrons. The van der Waals surface area contributed by atoms with E-state index in [1.165, 1.54) is 13.5 Å². The molecule has 2 aromatic carbocycles. The fourth-order valence-electron chi connectivity index (χ4n) is 4.08. The summed E-state index contributed by atoms with van der Waals surface area (Å²) < 4.78 is 16.7. The first-order valence-corrected chi connectivity index (χ1v) is 11.2. The first-order valence-electron chi connectivity index (χ1n) is 11.2. The molecule has 8 heteroatoms. The Morgan fingerprint density at radius 2 is 1.94 bits per heavy atom. The van der Waals surface area contributed by atoms with Crippen molar-refractivity contribution in [1.82, 2.24) is 15.5 Å². The summed E-state index contributed by atoms with van der Waals surface area (Å²) in [5.74, 6) is 1.03. The number of amides is 1. The predicted octanol–water partition coefficient (Wildman–Crippen LogP) is 4.11. The topological polar surface area (TPSA) is 107 Å². The molecule has 1 atom stereocenters. The summed E-state index contributed by atoms with van der Waals surface area (Å²) in [5, 5.41) is 18.0. The van der Waals surface area contributed by atoms with E-state index < -0.39 is 12.0 Å². The van der Waals surface area contributed by atoms with Crippen LogP contribution in [0.2, 0.25) is 0 Å². The highest BCUT2D eigenvalue weighted by molar-refractivity contribution is 5.85. The van der Waals surface area contributed by atoms with Crippen LogP contribution in [0, 0.1) is 6.92 Å². The average Bonchev–Trinajstić information content (AvgIpc) is 3.29. The molecule has 0 spiro atoms. The normalized spacial score (nSPS) is 15.1. The summed E-state index contributed by atoms with van der Waals surface area (Å²) in [6.07, 6.45) is 3.75. The lowest BCUT2D eigenvalue weighted by molar-refractivity contribution is -0.130. The highest BCUT2D eigenvalue weighted by Gasteiger charge is 2.28. The number of methoxy groups -OCH3 is 1. The number of ether oxygens (including phenoxy) is 2. The number of nitrogens with zero attached hydrogens (tertiary/aromatic N) is 2. The van der Waals surface area contributed by atoms with Crippen LogP contribution in [-0.2, 0) is 11.4 Å². The summed E-state index contributed by atoms with van der Waals surface area (Å²) in [6, 6.07) is 13.1. The van der Waals surface area contributed by atoms with Crippen molar-refractivity contribution in [2.75, 3.05) is 7.11 Å². The van der Waals surface area contributed by atoms with Gasteiger partial charge in [0, 0.05) is 24.1 Å². The Morgan fingerprint density at radius 1 is 1.18 bits per heavy atom. The highest BCUT2D eigenvalue weighted by Crippen LogP contribution is 2.38. The van der Waals surface area contributed by atoms with Crippen molar-refractivity contribution in [1.29, 1.82) is 0 Å². The van der Waals surface area contributed by atoms with E-state index in [4.69, 9.17) is 14.0 Å². The van der Waals surface area contributed by atoms with Crippen LogP contribution in [0.15, 0.2) is 47.0 Å². The number of carbonyl (C=O) groups is 1. The Kier molecular flexibility index (Phi) is 7.24. The van der Waals surface area contributed by atoms with Crippen molar-refractivity contribution in [3.63, 3.8) is 0 Å². The van der Waals surface area contributed by atoms with Crippen molar-refractivity contribution in [3.05, 3.63) is 59.5 Å². The minimum atomic E-state index is -1.43. The molecule has 0 aliphatic heterocycles. The van der Waals surface area contributed by atoms with Crippen LogP contribution >= 0.6 is 0 Å². The second-order valence-corrected chi connectivity index (χ2v) is 8.25. The van der Waals surface area contributed by atoms with E-state index in [9.17, 15) is 9.90 Å². The summed E-state index contributed by atoms with van der Waals surface area (Å²) in [5.41, 5.74) is 1.75. The zero-order chi connectivity index (χ0) is 23.2. The maximum atomic E-state index is 12.9. The Hall–Kier alpha value is -3.39. The van der Waals surface area contributed by atoms with Gasteiger partial charge < -0.3 is 24.4 Å². The number of hydrogen-bond acceptors (Lipinski definition) is 7. The van der Waals surface area contributed by atoms with Crippen LogP contribution in [-0.4, -0.2) is 34.3 Å². The molecular formula is C25H29N3O5. The van der Waals surface area contributed by atoms with E-state index in [1.54, 1.807) is 19.1 Å². The first-order chi connectivity index (χ1) is 16.0. The van der Waals surface area contributed by atoms with Crippen LogP contribution in [0.1, 0.15) is 55.2 Å². The number of hydrogen-bond donors (Lipinski definition) is 2. The maximum absolute atomic E-state index is 12.9. The molecular weight excluding hydrogens is 422 g/mol. The zero-order valence-corrected chi connectivity index (χ0v) is 18.9. The minimum Gasteiger partial charge on any atom is -0.493 e. The minimum absolute atomic E-state index is 0.0730. The fraction of sp³-hybridized carbons (Fsp3) is 0.400. The van der Waals surface area contributed by atoms with Gasteiger partial charge in [-0.1, -0.05) is 54.8 Å². The third-order valence-corrected chi connectivity index (χ3v) is 5.84. The second-order valence-electron chi connectivity index (χ2n) is 8.25. The van der Waals surface area contributed by atoms with Gasteiger partial charge in [-0.05, 0) is 30.5 Å². The molecule has 174 valence electrons. The van der Waals surface area contributed by atoms with E-state index in [-0.39, 0.29) is 11.9 Å². The SMILES string of the molecule is COc1cc(-c2noc(C)n2)c(C(O)C(=O)NC2CCCCC2)cc1OCc1ccccc1. The third-order valence-electron chi connectivity index (χ3n) is 5.84. The quantitative estimate of drug-likeness (QED) is 0.531. The van der Waals surface area contributed by atoms with Crippen molar-refractivity contribution in [2.24, 2.45) is 0 Å². The Morgan fingerprint density at radius 3 is 2.61 bits per heavy atom. The number of benzene rings is 2. The van der Waals surface area contributed by atoms with Crippen LogP contribution in [0.3, 0.4) is 0 Å². The predicted molar refractivity (Wildman–Crippen MR) is 122 cm³/mol. The number of carbonyl (C=O) groups excluding carboxylic acids is 1. The van der Waals surface area contributed by atoms with Gasteiger partial charge >= 0.3 is 0 Å². The number of aryl methyl sites for hydroxylation is 1. The van der Waals surface area contributed by atoms with E-state index in [2.05, 4.69) is 15.5 Å². The molecule has 0 bridgehead atoms. The van der Waals surface area contributed by atoms with E-state index in [0.29, 0.717) is 35.1 Å². The van der Waals surface area contributed by atoms with Crippen molar-refractivity contribution in [2.45, 2.75) is 57.8 Å². The van der Waals surface area contributed by atoms with Gasteiger partial charge in [0.2, 0.25) is 11.7 Å². The maximum Gasteiger partial charge on any atom is 0.253 e. The van der Waals surface area contributed by atoms with Gasteiger partial charge in [-0.3, -0.25) is 4.79 Å². The van der Waals surface area contributed by atoms with Gasteiger partial charge in [0.25, 0.3) is 5.91 Å². The van der Waals surface area contributed by atoms with Crippen LogP contribution in [0.25, 0.3) is 11.4 Å². The van der Waals surface area contributed by atoms with E-state index >= 15 is 0 Å². The van der Waals surface area contributed by atoms with Crippen LogP contribution in [0.5, 0.6) is 11.5 Å². The molecule has 33 heavy (non-hydrogen) atoms. The standard InChI is InChI=1S/C25H29N3O5/c1-16-26-24(28-33-16)20-14-21(31-2)22(32-15-17-9-5-3-6-10-17)13-19(20)23(29)25(30)27-18-11-7-4-8-12-18/h3,5-6,9-10,13-14,18,23,29H,4,7-8,11-12,15H2,1-2H3,(H,27,30). The second kappa shape index (κ2) is 10.5. The molecule has 1 heterocycles. The Balaban J connectivity index is 1.66. The largest absolute Gasteiger partial charge is 0.493 e. The Labute approximate surface area is 192 Å². The van der Waals surface area contributed by atoms with Gasteiger partial charge in [0.1, 0.15) is 6.61 Å². The van der Waals surface area contributed by atoms with E-state index in [1.807, 2.05) is 30.3 Å². The summed E-state index contributed by atoms with van der Waals surface area (Å²) in [6.45, 7) is 1.98. The molecule has 1 unspecified atom stereocenters. The molecule has 0 saturated heterocycles. The van der Waals surface area contributed by atoms with Crippen molar-refractivity contribution < 1.29 is 23.9 Å². The van der Waals surface area contributed by atoms with Crippen LogP contribution in [0.4, 0.5) is 0 Å². The summed E-state index contributed by atoms with van der Waals surface area (Å²) >= 11 is 0. The molecule has 1 aliphatic carbocycles. The van der Waals surface area contributed by atoms with Gasteiger partial charge in [-0.25, -0.2) is 0 Å². The first kappa shape index (κ1) is 22.8. The molecule has 1 saturated carbocycles. The lowest BCUT2D eigenvalue weighted by atomic mass is 9.94. The number of rotatable bonds is 8. The van der Waals surface area contributed by atoms with E-state index in [0.717, 1.165) is 31.2 Å². The third kappa shape index (κ3) is 5.51. The molecule has 1 aromatic heterocycles. The van der Waals surface area contributed by atoms with Crippen molar-refractivity contribution >= 4 is 5.91 Å². The number of aromatic nitrogens is 2. The van der Waals surface area contributed by atoms with Gasteiger partial charge in [-0.15, -0.1) is 0 Å². The lowest BCUT2D eigenvalue weighted by Gasteiger charge is -2.25. The summed E-state index contributed by atoms with van der Waals surface area (Å²) in [7, 11) is 1.53. The molecule has 1 amide bonds. The van der Waals surface area contributed by atoms with Crippen LogP contribution < -0.4 is 14.8 Å². The Bertz CT molecular complexity index is 1080. The molecule has 3 aromatic rings. The smallest absolute Gasteiger partial charge is 0.253 e. The average molecular weight is 452 g/mol. The highest BCUT2D eigenvalue weighted by atomic mass is 16.5. The number of nitrogens with one attached hydrogen (secondary N) is 1. The van der Waals surface area contributed by atoms with Gasteiger partial charge in [-0.2, -0.15) is 4.98 Å². The molecule has 1 aliphatic rings. The lowest BCUT2D eigenvalue weighted by Crippen LogP contribution is -2.39. The zero-order valence-electron chi connectivity index (χ0n) is 18.9. The summed E-state index contributed by atoms with van der Waals surface area (Å²) in [4.78, 5) is 17.2. The number of aliphatic hydroxyl groups excluding tert-OH is 1. The van der Waals surface area contributed by atoms with Gasteiger partial charge in [0.05, 0.1) is 7.11 Å². The molecule has 1 fully saturated rings. The molecule has 4 rings (SSSR count).